The molecule has 0 radical (unpaired) electrons. The highest BCUT2D eigenvalue weighted by atomic mass is 127. The fourth-order valence-corrected chi connectivity index (χ4v) is 3.62. The van der Waals surface area contributed by atoms with Crippen LogP contribution in [0.5, 0.6) is 0 Å². The lowest BCUT2D eigenvalue weighted by Gasteiger charge is -2.19. The highest BCUT2D eigenvalue weighted by molar-refractivity contribution is 14.1. The molecule has 1 aromatic rings. The molecular formula is C16H17IN2O3. The number of fused-ring (bicyclic) bond motifs is 1. The standard InChI is InChI=1S/C16H17IN2O3/c17-10-5-7-11(8-6-10)18-14(20)9-19-15(21)12-3-1-2-4-13(12)16(19)22/h5-8,12-13H,1-4,9H2,(H,18,20). The first kappa shape index (κ1) is 15.5. The lowest BCUT2D eigenvalue weighted by Crippen LogP contribution is -2.38. The van der Waals surface area contributed by atoms with Crippen LogP contribution < -0.4 is 5.32 Å². The molecule has 1 aliphatic carbocycles. The number of likely N-dealkylation sites (tertiary alicyclic amines) is 1. The van der Waals surface area contributed by atoms with Crippen molar-refractivity contribution in [3.05, 3.63) is 27.8 Å². The van der Waals surface area contributed by atoms with Gasteiger partial charge in [-0.2, -0.15) is 0 Å². The maximum atomic E-state index is 12.3. The Bertz CT molecular complexity index is 590. The monoisotopic (exact) mass is 412 g/mol. The van der Waals surface area contributed by atoms with E-state index in [1.54, 1.807) is 12.1 Å². The highest BCUT2D eigenvalue weighted by Gasteiger charge is 2.48. The summed E-state index contributed by atoms with van der Waals surface area (Å²) < 4.78 is 1.07. The van der Waals surface area contributed by atoms with E-state index in [4.69, 9.17) is 0 Å². The van der Waals surface area contributed by atoms with Crippen LogP contribution in [0.1, 0.15) is 25.7 Å². The number of rotatable bonds is 3. The lowest BCUT2D eigenvalue weighted by molar-refractivity contribution is -0.142. The fraction of sp³-hybridized carbons (Fsp3) is 0.438. The maximum absolute atomic E-state index is 12.3. The third-order valence-corrected chi connectivity index (χ3v) is 5.08. The highest BCUT2D eigenvalue weighted by Crippen LogP contribution is 2.37. The molecule has 2 aliphatic rings. The van der Waals surface area contributed by atoms with Crippen molar-refractivity contribution in [1.82, 2.24) is 4.90 Å². The van der Waals surface area contributed by atoms with Gasteiger partial charge in [-0.3, -0.25) is 19.3 Å². The molecule has 1 aromatic carbocycles. The van der Waals surface area contributed by atoms with E-state index in [0.29, 0.717) is 5.69 Å². The summed E-state index contributed by atoms with van der Waals surface area (Å²) in [6, 6.07) is 7.37. The average Bonchev–Trinajstić information content (AvgIpc) is 2.75. The molecule has 0 bridgehead atoms. The molecule has 3 amide bonds. The third kappa shape index (κ3) is 3.02. The molecule has 3 rings (SSSR count). The average molecular weight is 412 g/mol. The molecule has 116 valence electrons. The number of halogens is 1. The molecule has 1 saturated heterocycles. The zero-order valence-corrected chi connectivity index (χ0v) is 14.2. The number of carbonyl (C=O) groups excluding carboxylic acids is 3. The second-order valence-electron chi connectivity index (χ2n) is 5.82. The Labute approximate surface area is 142 Å². The molecule has 0 spiro atoms. The first-order valence-corrected chi connectivity index (χ1v) is 8.55. The zero-order valence-electron chi connectivity index (χ0n) is 12.0. The van der Waals surface area contributed by atoms with Crippen LogP contribution in [0.15, 0.2) is 24.3 Å². The Kier molecular flexibility index (Phi) is 4.46. The SMILES string of the molecule is O=C(CN1C(=O)C2CCCCC2C1=O)Nc1ccc(I)cc1. The van der Waals surface area contributed by atoms with Gasteiger partial charge in [0.2, 0.25) is 17.7 Å². The van der Waals surface area contributed by atoms with Crippen LogP contribution in [0.25, 0.3) is 0 Å². The van der Waals surface area contributed by atoms with Gasteiger partial charge in [-0.05, 0) is 59.7 Å². The van der Waals surface area contributed by atoms with Gasteiger partial charge in [-0.15, -0.1) is 0 Å². The number of nitrogens with one attached hydrogen (secondary N) is 1. The Morgan fingerprint density at radius 1 is 1.09 bits per heavy atom. The number of nitrogens with zero attached hydrogens (tertiary/aromatic N) is 1. The van der Waals surface area contributed by atoms with Gasteiger partial charge in [-0.1, -0.05) is 12.8 Å². The molecule has 5 nitrogen and oxygen atoms in total. The predicted octanol–water partition coefficient (Wildman–Crippen LogP) is 2.40. The number of anilines is 1. The van der Waals surface area contributed by atoms with Gasteiger partial charge >= 0.3 is 0 Å². The molecule has 1 N–H and O–H groups in total. The van der Waals surface area contributed by atoms with Gasteiger partial charge in [0, 0.05) is 9.26 Å². The normalized spacial score (nSPS) is 24.3. The van der Waals surface area contributed by atoms with Crippen molar-refractivity contribution in [2.45, 2.75) is 25.7 Å². The Morgan fingerprint density at radius 2 is 1.64 bits per heavy atom. The van der Waals surface area contributed by atoms with E-state index in [1.807, 2.05) is 12.1 Å². The quantitative estimate of drug-likeness (QED) is 0.613. The number of imide groups is 1. The summed E-state index contributed by atoms with van der Waals surface area (Å²) in [6.07, 6.45) is 3.51. The Hall–Kier alpha value is -1.44. The van der Waals surface area contributed by atoms with E-state index in [9.17, 15) is 14.4 Å². The number of amides is 3. The van der Waals surface area contributed by atoms with Crippen LogP contribution in [0.3, 0.4) is 0 Å². The van der Waals surface area contributed by atoms with Crippen LogP contribution in [-0.2, 0) is 14.4 Å². The summed E-state index contributed by atoms with van der Waals surface area (Å²) in [5, 5.41) is 2.73. The predicted molar refractivity (Wildman–Crippen MR) is 90.0 cm³/mol. The topological polar surface area (TPSA) is 66.5 Å². The molecule has 1 saturated carbocycles. The van der Waals surface area contributed by atoms with Gasteiger partial charge in [0.25, 0.3) is 0 Å². The van der Waals surface area contributed by atoms with Crippen molar-refractivity contribution in [2.24, 2.45) is 11.8 Å². The van der Waals surface area contributed by atoms with E-state index in [2.05, 4.69) is 27.9 Å². The van der Waals surface area contributed by atoms with Crippen molar-refractivity contribution in [1.29, 1.82) is 0 Å². The molecule has 1 heterocycles. The largest absolute Gasteiger partial charge is 0.325 e. The van der Waals surface area contributed by atoms with Crippen molar-refractivity contribution in [3.8, 4) is 0 Å². The lowest BCUT2D eigenvalue weighted by atomic mass is 9.81. The van der Waals surface area contributed by atoms with E-state index in [-0.39, 0.29) is 36.1 Å². The Morgan fingerprint density at radius 3 is 2.18 bits per heavy atom. The van der Waals surface area contributed by atoms with Gasteiger partial charge in [-0.25, -0.2) is 0 Å². The van der Waals surface area contributed by atoms with Crippen LogP contribution in [0, 0.1) is 15.4 Å². The summed E-state index contributed by atoms with van der Waals surface area (Å²) in [5.74, 6) is -1.08. The third-order valence-electron chi connectivity index (χ3n) is 4.36. The van der Waals surface area contributed by atoms with Gasteiger partial charge < -0.3 is 5.32 Å². The van der Waals surface area contributed by atoms with E-state index in [1.165, 1.54) is 0 Å². The van der Waals surface area contributed by atoms with Gasteiger partial charge in [0.15, 0.2) is 0 Å². The smallest absolute Gasteiger partial charge is 0.244 e. The van der Waals surface area contributed by atoms with E-state index < -0.39 is 0 Å². The van der Waals surface area contributed by atoms with Gasteiger partial charge in [0.1, 0.15) is 6.54 Å². The van der Waals surface area contributed by atoms with Crippen LogP contribution >= 0.6 is 22.6 Å². The second kappa shape index (κ2) is 6.36. The summed E-state index contributed by atoms with van der Waals surface area (Å²) in [4.78, 5) is 37.8. The molecular weight excluding hydrogens is 395 g/mol. The minimum absolute atomic E-state index is 0.174. The fourth-order valence-electron chi connectivity index (χ4n) is 3.26. The molecule has 2 unspecified atom stereocenters. The van der Waals surface area contributed by atoms with Crippen LogP contribution in [0.4, 0.5) is 5.69 Å². The number of hydrogen-bond acceptors (Lipinski definition) is 3. The summed E-state index contributed by atoms with van der Waals surface area (Å²) in [5.41, 5.74) is 0.668. The van der Waals surface area contributed by atoms with Crippen molar-refractivity contribution >= 4 is 46.0 Å². The molecule has 22 heavy (non-hydrogen) atoms. The molecule has 2 atom stereocenters. The second-order valence-corrected chi connectivity index (χ2v) is 7.06. The van der Waals surface area contributed by atoms with E-state index >= 15 is 0 Å². The minimum Gasteiger partial charge on any atom is -0.325 e. The maximum Gasteiger partial charge on any atom is 0.244 e. The minimum atomic E-state index is -0.332. The van der Waals surface area contributed by atoms with Crippen LogP contribution in [-0.4, -0.2) is 29.2 Å². The van der Waals surface area contributed by atoms with Crippen LogP contribution in [0.2, 0.25) is 0 Å². The van der Waals surface area contributed by atoms with Gasteiger partial charge in [0.05, 0.1) is 11.8 Å². The first-order chi connectivity index (χ1) is 10.6. The molecule has 0 aromatic heterocycles. The summed E-state index contributed by atoms with van der Waals surface area (Å²) in [6.45, 7) is -0.184. The zero-order chi connectivity index (χ0) is 15.7. The Balaban J connectivity index is 1.64. The number of benzene rings is 1. The molecule has 2 fully saturated rings. The van der Waals surface area contributed by atoms with Crippen molar-refractivity contribution in [2.75, 3.05) is 11.9 Å². The summed E-state index contributed by atoms with van der Waals surface area (Å²) in [7, 11) is 0. The molecule has 6 heteroatoms. The van der Waals surface area contributed by atoms with Crippen molar-refractivity contribution < 1.29 is 14.4 Å². The molecule has 1 aliphatic heterocycles. The van der Waals surface area contributed by atoms with E-state index in [0.717, 1.165) is 34.2 Å². The number of hydrogen-bond donors (Lipinski definition) is 1. The van der Waals surface area contributed by atoms with Crippen molar-refractivity contribution in [3.63, 3.8) is 0 Å². The number of carbonyl (C=O) groups is 3. The summed E-state index contributed by atoms with van der Waals surface area (Å²) >= 11 is 2.18. The first-order valence-electron chi connectivity index (χ1n) is 7.47.